The van der Waals surface area contributed by atoms with Crippen molar-refractivity contribution in [2.75, 3.05) is 0 Å². The van der Waals surface area contributed by atoms with Gasteiger partial charge in [-0.2, -0.15) is 0 Å². The van der Waals surface area contributed by atoms with Gasteiger partial charge in [0, 0.05) is 10.7 Å². The van der Waals surface area contributed by atoms with E-state index in [-0.39, 0.29) is 17.9 Å². The molecular formula is C26H29ClN2O4. The molecule has 0 spiro atoms. The summed E-state index contributed by atoms with van der Waals surface area (Å²) >= 11 is 6.47. The van der Waals surface area contributed by atoms with Crippen LogP contribution in [0.1, 0.15) is 63.0 Å². The molecule has 33 heavy (non-hydrogen) atoms. The number of nitro groups is 1. The predicted molar refractivity (Wildman–Crippen MR) is 129 cm³/mol. The molecular weight excluding hydrogens is 440 g/mol. The number of hydrogen-bond donors (Lipinski definition) is 1. The lowest BCUT2D eigenvalue weighted by Gasteiger charge is -2.28. The second kappa shape index (κ2) is 11.7. The van der Waals surface area contributed by atoms with Crippen LogP contribution in [0.15, 0.2) is 77.3 Å². The van der Waals surface area contributed by atoms with Gasteiger partial charge in [0.05, 0.1) is 16.2 Å². The lowest BCUT2D eigenvalue weighted by atomic mass is 9.83. The number of halogens is 1. The fourth-order valence-corrected chi connectivity index (χ4v) is 4.35. The Labute approximate surface area is 199 Å². The number of nitrogens with one attached hydrogen (secondary N) is 1. The Balaban J connectivity index is 1.99. The number of allylic oxidation sites excluding steroid dienone is 3. The molecule has 1 N–H and O–H groups in total. The van der Waals surface area contributed by atoms with E-state index in [0.29, 0.717) is 28.4 Å². The number of nitrogens with zero attached hydrogens (tertiary/aromatic N) is 1. The summed E-state index contributed by atoms with van der Waals surface area (Å²) in [5.74, 6) is -1.52. The van der Waals surface area contributed by atoms with Crippen LogP contribution in [0.5, 0.6) is 0 Å². The van der Waals surface area contributed by atoms with E-state index in [9.17, 15) is 14.9 Å². The molecule has 1 aliphatic rings. The fraction of sp³-hybridized carbons (Fsp3) is 0.346. The molecule has 6 nitrogen and oxygen atoms in total. The van der Waals surface area contributed by atoms with Crippen molar-refractivity contribution in [2.24, 2.45) is 0 Å². The van der Waals surface area contributed by atoms with Crippen molar-refractivity contribution in [2.45, 2.75) is 58.5 Å². The third kappa shape index (κ3) is 6.02. The van der Waals surface area contributed by atoms with Crippen molar-refractivity contribution in [3.8, 4) is 0 Å². The molecule has 2 aromatic carbocycles. The number of carbonyl (C=O) groups is 1. The van der Waals surface area contributed by atoms with Gasteiger partial charge >= 0.3 is 5.97 Å². The Morgan fingerprint density at radius 2 is 1.79 bits per heavy atom. The number of rotatable bonds is 10. The van der Waals surface area contributed by atoms with Gasteiger partial charge in [-0.25, -0.2) is 4.79 Å². The Kier molecular flexibility index (Phi) is 8.66. The number of esters is 1. The van der Waals surface area contributed by atoms with Gasteiger partial charge in [0.15, 0.2) is 0 Å². The summed E-state index contributed by atoms with van der Waals surface area (Å²) in [7, 11) is 0. The van der Waals surface area contributed by atoms with E-state index in [1.807, 2.05) is 30.3 Å². The van der Waals surface area contributed by atoms with E-state index in [0.717, 1.165) is 31.2 Å². The maximum Gasteiger partial charge on any atom is 0.337 e. The van der Waals surface area contributed by atoms with E-state index in [1.165, 1.54) is 0 Å². The first kappa shape index (κ1) is 24.5. The summed E-state index contributed by atoms with van der Waals surface area (Å²) in [6.45, 7) is 3.95. The van der Waals surface area contributed by atoms with E-state index >= 15 is 0 Å². The zero-order chi connectivity index (χ0) is 23.8. The third-order valence-corrected chi connectivity index (χ3v) is 6.08. The summed E-state index contributed by atoms with van der Waals surface area (Å²) in [5.41, 5.74) is 2.60. The van der Waals surface area contributed by atoms with Gasteiger partial charge < -0.3 is 10.1 Å². The summed E-state index contributed by atoms with van der Waals surface area (Å²) in [4.78, 5) is 25.1. The highest BCUT2D eigenvalue weighted by Crippen LogP contribution is 2.42. The standard InChI is InChI=1S/C26H29ClN2O4/c1-3-4-5-9-16-22-25(29(31)32)24(20-14-10-11-15-21(20)27)23(18(2)28-22)26(30)33-17-19-12-7-6-8-13-19/h6-8,10-15,24,28H,3-5,9,16-17H2,1-2H3. The van der Waals surface area contributed by atoms with E-state index in [1.54, 1.807) is 31.2 Å². The topological polar surface area (TPSA) is 81.5 Å². The van der Waals surface area contributed by atoms with Crippen LogP contribution in [0.25, 0.3) is 0 Å². The first-order valence-corrected chi connectivity index (χ1v) is 11.6. The lowest BCUT2D eigenvalue weighted by Crippen LogP contribution is -2.32. The zero-order valence-electron chi connectivity index (χ0n) is 19.0. The molecule has 0 fully saturated rings. The maximum atomic E-state index is 13.2. The molecule has 174 valence electrons. The highest BCUT2D eigenvalue weighted by atomic mass is 35.5. The molecule has 0 amide bonds. The highest BCUT2D eigenvalue weighted by molar-refractivity contribution is 6.31. The fourth-order valence-electron chi connectivity index (χ4n) is 4.10. The van der Waals surface area contributed by atoms with E-state index in [2.05, 4.69) is 12.2 Å². The van der Waals surface area contributed by atoms with Crippen molar-refractivity contribution >= 4 is 17.6 Å². The maximum absolute atomic E-state index is 13.2. The Morgan fingerprint density at radius 1 is 1.09 bits per heavy atom. The number of carbonyl (C=O) groups excluding carboxylic acids is 1. The van der Waals surface area contributed by atoms with Crippen LogP contribution in [0.2, 0.25) is 5.02 Å². The van der Waals surface area contributed by atoms with Crippen molar-refractivity contribution in [1.82, 2.24) is 5.32 Å². The largest absolute Gasteiger partial charge is 0.457 e. The molecule has 0 aromatic heterocycles. The van der Waals surface area contributed by atoms with Crippen LogP contribution >= 0.6 is 11.6 Å². The summed E-state index contributed by atoms with van der Waals surface area (Å²) in [6, 6.07) is 16.3. The molecule has 1 atom stereocenters. The van der Waals surface area contributed by atoms with Gasteiger partial charge in [0.25, 0.3) is 5.70 Å². The molecule has 2 aromatic rings. The zero-order valence-corrected chi connectivity index (χ0v) is 19.7. The monoisotopic (exact) mass is 468 g/mol. The minimum absolute atomic E-state index is 0.0446. The molecule has 1 aliphatic heterocycles. The number of dihydropyridines is 1. The van der Waals surface area contributed by atoms with E-state index < -0.39 is 16.8 Å². The van der Waals surface area contributed by atoms with Crippen LogP contribution in [-0.4, -0.2) is 10.9 Å². The van der Waals surface area contributed by atoms with Crippen LogP contribution in [0.3, 0.4) is 0 Å². The summed E-state index contributed by atoms with van der Waals surface area (Å²) in [6.07, 6.45) is 4.48. The van der Waals surface area contributed by atoms with Crippen LogP contribution in [0, 0.1) is 10.1 Å². The Morgan fingerprint density at radius 3 is 2.45 bits per heavy atom. The number of unbranched alkanes of at least 4 members (excludes halogenated alkanes) is 3. The molecule has 0 saturated carbocycles. The molecule has 1 unspecified atom stereocenters. The van der Waals surface area contributed by atoms with Gasteiger partial charge in [-0.15, -0.1) is 0 Å². The van der Waals surface area contributed by atoms with Crippen molar-refractivity contribution < 1.29 is 14.5 Å². The first-order valence-electron chi connectivity index (χ1n) is 11.2. The average Bonchev–Trinajstić information content (AvgIpc) is 2.80. The predicted octanol–water partition coefficient (Wildman–Crippen LogP) is 6.50. The van der Waals surface area contributed by atoms with Crippen molar-refractivity contribution in [3.05, 3.63) is 104 Å². The van der Waals surface area contributed by atoms with E-state index in [4.69, 9.17) is 16.3 Å². The van der Waals surface area contributed by atoms with Crippen molar-refractivity contribution in [3.63, 3.8) is 0 Å². The number of ether oxygens (including phenoxy) is 1. The van der Waals surface area contributed by atoms with Crippen LogP contribution in [0.4, 0.5) is 0 Å². The molecule has 0 saturated heterocycles. The SMILES string of the molecule is CCCCCCC1=C([N+](=O)[O-])C(c2ccccc2Cl)C(C(=O)OCc2ccccc2)=C(C)N1. The second-order valence-electron chi connectivity index (χ2n) is 8.11. The first-order chi connectivity index (χ1) is 15.9. The molecule has 1 heterocycles. The Bertz CT molecular complexity index is 1060. The smallest absolute Gasteiger partial charge is 0.337 e. The molecule has 3 rings (SSSR count). The van der Waals surface area contributed by atoms with Gasteiger partial charge in [-0.1, -0.05) is 86.3 Å². The molecule has 7 heteroatoms. The van der Waals surface area contributed by atoms with Crippen molar-refractivity contribution in [1.29, 1.82) is 0 Å². The number of benzene rings is 2. The van der Waals surface area contributed by atoms with Crippen LogP contribution < -0.4 is 5.32 Å². The molecule has 0 aliphatic carbocycles. The van der Waals surface area contributed by atoms with Gasteiger partial charge in [-0.3, -0.25) is 10.1 Å². The molecule has 0 radical (unpaired) electrons. The van der Waals surface area contributed by atoms with Gasteiger partial charge in [0.2, 0.25) is 0 Å². The molecule has 0 bridgehead atoms. The summed E-state index contributed by atoms with van der Waals surface area (Å²) in [5, 5.41) is 15.8. The highest BCUT2D eigenvalue weighted by Gasteiger charge is 2.42. The quantitative estimate of drug-likeness (QED) is 0.186. The van der Waals surface area contributed by atoms with Gasteiger partial charge in [0.1, 0.15) is 12.5 Å². The minimum atomic E-state index is -0.917. The lowest BCUT2D eigenvalue weighted by molar-refractivity contribution is -0.431. The summed E-state index contributed by atoms with van der Waals surface area (Å²) < 4.78 is 5.58. The van der Waals surface area contributed by atoms with Crippen LogP contribution in [-0.2, 0) is 16.1 Å². The Hall–Kier alpha value is -3.12. The third-order valence-electron chi connectivity index (χ3n) is 5.74. The average molecular weight is 469 g/mol. The minimum Gasteiger partial charge on any atom is -0.457 e. The second-order valence-corrected chi connectivity index (χ2v) is 8.52. The normalized spacial score (nSPS) is 15.9. The number of hydrogen-bond acceptors (Lipinski definition) is 5. The van der Waals surface area contributed by atoms with Gasteiger partial charge in [-0.05, 0) is 37.0 Å².